The minimum atomic E-state index is 0.207. The molecule has 64 valence electrons. The first-order chi connectivity index (χ1) is 5.61. The van der Waals surface area contributed by atoms with Gasteiger partial charge < -0.3 is 5.11 Å². The van der Waals surface area contributed by atoms with Gasteiger partial charge in [0.05, 0.1) is 0 Å². The van der Waals surface area contributed by atoms with Gasteiger partial charge in [0.25, 0.3) is 0 Å². The van der Waals surface area contributed by atoms with Crippen LogP contribution in [0.15, 0.2) is 0 Å². The predicted octanol–water partition coefficient (Wildman–Crippen LogP) is 0.390. The zero-order valence-corrected chi connectivity index (χ0v) is 7.24. The standard InChI is InChI=1S/C7H10N4O/c1-4-6(12)7-10(3)9-5(2)11(7)8-4/h12H,1-3H3. The van der Waals surface area contributed by atoms with Gasteiger partial charge in [0.15, 0.2) is 11.4 Å². The summed E-state index contributed by atoms with van der Waals surface area (Å²) in [6.45, 7) is 3.61. The Labute approximate surface area is 69.2 Å². The van der Waals surface area contributed by atoms with Crippen molar-refractivity contribution in [3.05, 3.63) is 11.5 Å². The number of hydrogen-bond acceptors (Lipinski definition) is 3. The summed E-state index contributed by atoms with van der Waals surface area (Å²) in [5, 5.41) is 17.8. The van der Waals surface area contributed by atoms with E-state index in [-0.39, 0.29) is 5.75 Å². The Morgan fingerprint density at radius 1 is 1.25 bits per heavy atom. The molecule has 5 nitrogen and oxygen atoms in total. The molecule has 0 atom stereocenters. The maximum atomic E-state index is 9.55. The highest BCUT2D eigenvalue weighted by Crippen LogP contribution is 2.22. The summed E-state index contributed by atoms with van der Waals surface area (Å²) in [6, 6.07) is 0. The van der Waals surface area contributed by atoms with Crippen molar-refractivity contribution in [2.75, 3.05) is 0 Å². The Hall–Kier alpha value is -1.52. The SMILES string of the molecule is Cc1nn2c(C)nn(C)c2c1O. The molecule has 0 bridgehead atoms. The van der Waals surface area contributed by atoms with Crippen molar-refractivity contribution in [3.8, 4) is 5.75 Å². The highest BCUT2D eigenvalue weighted by molar-refractivity contribution is 5.55. The van der Waals surface area contributed by atoms with Gasteiger partial charge in [0, 0.05) is 7.05 Å². The van der Waals surface area contributed by atoms with Crippen LogP contribution in [0.25, 0.3) is 5.65 Å². The van der Waals surface area contributed by atoms with Crippen molar-refractivity contribution in [1.29, 1.82) is 0 Å². The van der Waals surface area contributed by atoms with Crippen LogP contribution in [0.5, 0.6) is 5.75 Å². The molecule has 0 spiro atoms. The number of aromatic hydroxyl groups is 1. The van der Waals surface area contributed by atoms with E-state index >= 15 is 0 Å². The summed E-state index contributed by atoms with van der Waals surface area (Å²) in [5.74, 6) is 0.981. The molecule has 0 unspecified atom stereocenters. The molecule has 2 heterocycles. The Balaban J connectivity index is 2.98. The third-order valence-electron chi connectivity index (χ3n) is 1.91. The van der Waals surface area contributed by atoms with Crippen LogP contribution in [0.3, 0.4) is 0 Å². The fraction of sp³-hybridized carbons (Fsp3) is 0.429. The molecule has 0 aliphatic rings. The number of aryl methyl sites for hydroxylation is 3. The topological polar surface area (TPSA) is 55.4 Å². The molecule has 0 aliphatic heterocycles. The van der Waals surface area contributed by atoms with Crippen molar-refractivity contribution in [2.24, 2.45) is 7.05 Å². The second-order valence-corrected chi connectivity index (χ2v) is 2.84. The Bertz CT molecular complexity index is 440. The van der Waals surface area contributed by atoms with Gasteiger partial charge in [-0.1, -0.05) is 0 Å². The first kappa shape index (κ1) is 7.15. The minimum Gasteiger partial charge on any atom is -0.503 e. The van der Waals surface area contributed by atoms with Crippen LogP contribution in [0.1, 0.15) is 11.5 Å². The van der Waals surface area contributed by atoms with E-state index in [1.807, 2.05) is 6.92 Å². The van der Waals surface area contributed by atoms with Crippen LogP contribution >= 0.6 is 0 Å². The van der Waals surface area contributed by atoms with Crippen molar-refractivity contribution in [3.63, 3.8) is 0 Å². The molecular weight excluding hydrogens is 156 g/mol. The molecule has 0 saturated heterocycles. The maximum absolute atomic E-state index is 9.55. The Morgan fingerprint density at radius 2 is 1.92 bits per heavy atom. The van der Waals surface area contributed by atoms with E-state index in [2.05, 4.69) is 10.2 Å². The monoisotopic (exact) mass is 166 g/mol. The van der Waals surface area contributed by atoms with E-state index in [1.165, 1.54) is 0 Å². The van der Waals surface area contributed by atoms with Crippen LogP contribution < -0.4 is 0 Å². The quantitative estimate of drug-likeness (QED) is 0.616. The number of rotatable bonds is 0. The van der Waals surface area contributed by atoms with Gasteiger partial charge in [-0.25, -0.2) is 4.68 Å². The second kappa shape index (κ2) is 2.00. The lowest BCUT2D eigenvalue weighted by Crippen LogP contribution is -1.89. The first-order valence-electron chi connectivity index (χ1n) is 3.69. The summed E-state index contributed by atoms with van der Waals surface area (Å²) in [5.41, 5.74) is 1.27. The van der Waals surface area contributed by atoms with Gasteiger partial charge in [0.2, 0.25) is 0 Å². The molecule has 0 aromatic carbocycles. The second-order valence-electron chi connectivity index (χ2n) is 2.84. The largest absolute Gasteiger partial charge is 0.503 e. The average molecular weight is 166 g/mol. The van der Waals surface area contributed by atoms with Gasteiger partial charge in [-0.05, 0) is 13.8 Å². The van der Waals surface area contributed by atoms with Gasteiger partial charge in [-0.3, -0.25) is 0 Å². The van der Waals surface area contributed by atoms with Gasteiger partial charge >= 0.3 is 0 Å². The van der Waals surface area contributed by atoms with Crippen molar-refractivity contribution < 1.29 is 5.11 Å². The number of aromatic nitrogens is 4. The van der Waals surface area contributed by atoms with Gasteiger partial charge in [-0.2, -0.15) is 14.7 Å². The molecular formula is C7H10N4O. The van der Waals surface area contributed by atoms with E-state index in [0.29, 0.717) is 11.3 Å². The van der Waals surface area contributed by atoms with E-state index in [9.17, 15) is 5.11 Å². The minimum absolute atomic E-state index is 0.207. The van der Waals surface area contributed by atoms with E-state index in [4.69, 9.17) is 0 Å². The molecule has 0 aliphatic carbocycles. The summed E-state index contributed by atoms with van der Waals surface area (Å²) in [6.07, 6.45) is 0. The van der Waals surface area contributed by atoms with Crippen molar-refractivity contribution in [1.82, 2.24) is 19.4 Å². The summed E-state index contributed by atoms with van der Waals surface area (Å²) in [4.78, 5) is 0. The highest BCUT2D eigenvalue weighted by atomic mass is 16.3. The third kappa shape index (κ3) is 0.677. The highest BCUT2D eigenvalue weighted by Gasteiger charge is 2.13. The lowest BCUT2D eigenvalue weighted by molar-refractivity contribution is 0.473. The van der Waals surface area contributed by atoms with Gasteiger partial charge in [-0.15, -0.1) is 0 Å². The van der Waals surface area contributed by atoms with Gasteiger partial charge in [0.1, 0.15) is 11.5 Å². The molecule has 2 aromatic rings. The molecule has 5 heteroatoms. The molecule has 2 rings (SSSR count). The Morgan fingerprint density at radius 3 is 2.50 bits per heavy atom. The average Bonchev–Trinajstić information content (AvgIpc) is 2.41. The summed E-state index contributed by atoms with van der Waals surface area (Å²) >= 11 is 0. The first-order valence-corrected chi connectivity index (χ1v) is 3.69. The van der Waals surface area contributed by atoms with E-state index in [0.717, 1.165) is 5.82 Å². The van der Waals surface area contributed by atoms with Crippen LogP contribution in [0.4, 0.5) is 0 Å². The zero-order valence-electron chi connectivity index (χ0n) is 7.24. The lowest BCUT2D eigenvalue weighted by atomic mass is 10.4. The van der Waals surface area contributed by atoms with Crippen LogP contribution in [0, 0.1) is 13.8 Å². The molecule has 12 heavy (non-hydrogen) atoms. The third-order valence-corrected chi connectivity index (χ3v) is 1.91. The molecule has 0 saturated carbocycles. The Kier molecular flexibility index (Phi) is 1.19. The maximum Gasteiger partial charge on any atom is 0.196 e. The molecule has 2 aromatic heterocycles. The predicted molar refractivity (Wildman–Crippen MR) is 43.1 cm³/mol. The van der Waals surface area contributed by atoms with Crippen LogP contribution in [-0.4, -0.2) is 24.5 Å². The lowest BCUT2D eigenvalue weighted by Gasteiger charge is -1.88. The van der Waals surface area contributed by atoms with E-state index in [1.54, 1.807) is 23.2 Å². The van der Waals surface area contributed by atoms with Crippen molar-refractivity contribution in [2.45, 2.75) is 13.8 Å². The number of nitrogens with zero attached hydrogens (tertiary/aromatic N) is 4. The summed E-state index contributed by atoms with van der Waals surface area (Å²) in [7, 11) is 1.78. The normalized spacial score (nSPS) is 11.2. The number of hydrogen-bond donors (Lipinski definition) is 1. The van der Waals surface area contributed by atoms with E-state index < -0.39 is 0 Å². The fourth-order valence-electron chi connectivity index (χ4n) is 1.33. The van der Waals surface area contributed by atoms with Crippen LogP contribution in [-0.2, 0) is 7.05 Å². The molecule has 1 N–H and O–H groups in total. The molecule has 0 amide bonds. The smallest absolute Gasteiger partial charge is 0.196 e. The van der Waals surface area contributed by atoms with Crippen LogP contribution in [0.2, 0.25) is 0 Å². The summed E-state index contributed by atoms with van der Waals surface area (Å²) < 4.78 is 3.25. The molecule has 0 radical (unpaired) electrons. The zero-order chi connectivity index (χ0) is 8.88. The molecule has 0 fully saturated rings. The fourth-order valence-corrected chi connectivity index (χ4v) is 1.33. The van der Waals surface area contributed by atoms with Crippen molar-refractivity contribution >= 4 is 5.65 Å². The number of fused-ring (bicyclic) bond motifs is 1.